The number of nitrogens with zero attached hydrogens (tertiary/aromatic N) is 4. The van der Waals surface area contributed by atoms with Crippen LogP contribution in [-0.4, -0.2) is 62.8 Å². The summed E-state index contributed by atoms with van der Waals surface area (Å²) >= 11 is 0. The van der Waals surface area contributed by atoms with Crippen molar-refractivity contribution in [3.8, 4) is 5.75 Å². The molecule has 0 bridgehead atoms. The number of piperazine rings is 1. The first kappa shape index (κ1) is 19.9. The van der Waals surface area contributed by atoms with E-state index in [4.69, 9.17) is 4.99 Å². The van der Waals surface area contributed by atoms with E-state index in [0.29, 0.717) is 12.3 Å². The molecule has 0 spiro atoms. The van der Waals surface area contributed by atoms with Gasteiger partial charge >= 0.3 is 0 Å². The molecule has 0 aliphatic carbocycles. The van der Waals surface area contributed by atoms with Crippen molar-refractivity contribution >= 4 is 17.3 Å². The van der Waals surface area contributed by atoms with E-state index in [0.717, 1.165) is 44.4 Å². The zero-order chi connectivity index (χ0) is 19.9. The van der Waals surface area contributed by atoms with Crippen LogP contribution in [0.1, 0.15) is 12.5 Å². The fourth-order valence-electron chi connectivity index (χ4n) is 3.42. The van der Waals surface area contributed by atoms with Gasteiger partial charge in [0.25, 0.3) is 0 Å². The number of aliphatic imine (C=N–C) groups is 1. The number of nitrogens with one attached hydrogen (secondary N) is 1. The summed E-state index contributed by atoms with van der Waals surface area (Å²) in [6, 6.07) is 16.0. The first-order valence-corrected chi connectivity index (χ1v) is 9.91. The monoisotopic (exact) mass is 381 g/mol. The van der Waals surface area contributed by atoms with E-state index in [1.54, 1.807) is 6.07 Å². The Morgan fingerprint density at radius 2 is 1.82 bits per heavy atom. The van der Waals surface area contributed by atoms with Gasteiger partial charge in [0.2, 0.25) is 0 Å². The Morgan fingerprint density at radius 3 is 2.50 bits per heavy atom. The van der Waals surface area contributed by atoms with E-state index in [1.807, 2.05) is 18.2 Å². The Kier molecular flexibility index (Phi) is 6.63. The third kappa shape index (κ3) is 4.88. The van der Waals surface area contributed by atoms with Gasteiger partial charge in [-0.2, -0.15) is 0 Å². The third-order valence-electron chi connectivity index (χ3n) is 4.97. The first-order valence-electron chi connectivity index (χ1n) is 9.91. The van der Waals surface area contributed by atoms with Crippen molar-refractivity contribution in [2.75, 3.05) is 56.6 Å². The fourth-order valence-corrected chi connectivity index (χ4v) is 3.42. The maximum Gasteiger partial charge on any atom is 0.194 e. The van der Waals surface area contributed by atoms with Gasteiger partial charge in [-0.25, -0.2) is 4.99 Å². The molecule has 2 aromatic rings. The lowest BCUT2D eigenvalue weighted by Gasteiger charge is -2.37. The lowest BCUT2D eigenvalue weighted by molar-refractivity contribution is 0.369. The lowest BCUT2D eigenvalue weighted by atomic mass is 10.2. The molecule has 150 valence electrons. The Balaban J connectivity index is 1.65. The van der Waals surface area contributed by atoms with Crippen LogP contribution in [-0.2, 0) is 6.54 Å². The minimum atomic E-state index is 0.345. The zero-order valence-electron chi connectivity index (χ0n) is 17.1. The van der Waals surface area contributed by atoms with Gasteiger partial charge in [-0.05, 0) is 36.8 Å². The second-order valence-electron chi connectivity index (χ2n) is 7.20. The zero-order valence-corrected chi connectivity index (χ0v) is 17.1. The number of guanidine groups is 1. The number of hydrogen-bond donors (Lipinski definition) is 2. The van der Waals surface area contributed by atoms with Crippen LogP contribution in [0.2, 0.25) is 0 Å². The summed E-state index contributed by atoms with van der Waals surface area (Å²) in [5, 5.41) is 13.5. The predicted octanol–water partition coefficient (Wildman–Crippen LogP) is 2.75. The Morgan fingerprint density at radius 1 is 1.07 bits per heavy atom. The number of aromatic hydroxyl groups is 1. The maximum absolute atomic E-state index is 10.1. The van der Waals surface area contributed by atoms with Crippen molar-refractivity contribution in [3.05, 3.63) is 54.1 Å². The van der Waals surface area contributed by atoms with Gasteiger partial charge in [0.15, 0.2) is 5.96 Å². The highest BCUT2D eigenvalue weighted by atomic mass is 16.3. The highest BCUT2D eigenvalue weighted by molar-refractivity contribution is 5.80. The molecule has 0 aromatic heterocycles. The van der Waals surface area contributed by atoms with Crippen LogP contribution in [0, 0.1) is 0 Å². The molecule has 1 aliphatic heterocycles. The van der Waals surface area contributed by atoms with E-state index in [-0.39, 0.29) is 0 Å². The van der Waals surface area contributed by atoms with Crippen molar-refractivity contribution in [2.45, 2.75) is 13.5 Å². The van der Waals surface area contributed by atoms with Gasteiger partial charge in [0.05, 0.1) is 12.2 Å². The molecule has 1 fully saturated rings. The molecule has 2 aromatic carbocycles. The van der Waals surface area contributed by atoms with E-state index >= 15 is 0 Å². The summed E-state index contributed by atoms with van der Waals surface area (Å²) in [4.78, 5) is 11.5. The molecule has 1 saturated heterocycles. The van der Waals surface area contributed by atoms with Crippen molar-refractivity contribution in [1.82, 2.24) is 10.2 Å². The van der Waals surface area contributed by atoms with Gasteiger partial charge < -0.3 is 25.1 Å². The molecule has 6 nitrogen and oxygen atoms in total. The average molecular weight is 382 g/mol. The van der Waals surface area contributed by atoms with Gasteiger partial charge in [-0.1, -0.05) is 24.3 Å². The summed E-state index contributed by atoms with van der Waals surface area (Å²) in [5.74, 6) is 1.30. The molecule has 3 rings (SSSR count). The quantitative estimate of drug-likeness (QED) is 0.616. The highest BCUT2D eigenvalue weighted by Crippen LogP contribution is 2.27. The lowest BCUT2D eigenvalue weighted by Crippen LogP contribution is -2.52. The van der Waals surface area contributed by atoms with E-state index in [9.17, 15) is 5.11 Å². The number of para-hydroxylation sites is 2. The summed E-state index contributed by atoms with van der Waals surface area (Å²) in [6.07, 6.45) is 0. The van der Waals surface area contributed by atoms with Crippen molar-refractivity contribution in [2.24, 2.45) is 4.99 Å². The van der Waals surface area contributed by atoms with Gasteiger partial charge in [0.1, 0.15) is 5.75 Å². The summed E-state index contributed by atoms with van der Waals surface area (Å²) in [5.41, 5.74) is 3.30. The molecule has 6 heteroatoms. The van der Waals surface area contributed by atoms with E-state index in [1.165, 1.54) is 11.3 Å². The maximum atomic E-state index is 10.1. The molecule has 0 saturated carbocycles. The predicted molar refractivity (Wildman–Crippen MR) is 117 cm³/mol. The number of phenols is 1. The fraction of sp³-hybridized carbons (Fsp3) is 0.409. The topological polar surface area (TPSA) is 54.3 Å². The van der Waals surface area contributed by atoms with Crippen LogP contribution < -0.4 is 15.1 Å². The van der Waals surface area contributed by atoms with Crippen molar-refractivity contribution in [1.29, 1.82) is 0 Å². The SMILES string of the molecule is CCNC(=NCc1cccc(N(C)C)c1)N1CCN(c2ccccc2O)CC1. The molecular weight excluding hydrogens is 350 g/mol. The first-order chi connectivity index (χ1) is 13.6. The van der Waals surface area contributed by atoms with Crippen molar-refractivity contribution in [3.63, 3.8) is 0 Å². The van der Waals surface area contributed by atoms with Gasteiger partial charge in [0, 0.05) is 52.5 Å². The molecular formula is C22H31N5O. The van der Waals surface area contributed by atoms with Crippen LogP contribution >= 0.6 is 0 Å². The smallest absolute Gasteiger partial charge is 0.194 e. The normalized spacial score (nSPS) is 14.9. The van der Waals surface area contributed by atoms with Crippen LogP contribution in [0.4, 0.5) is 11.4 Å². The molecule has 0 atom stereocenters. The number of hydrogen-bond acceptors (Lipinski definition) is 4. The number of benzene rings is 2. The van der Waals surface area contributed by atoms with Crippen LogP contribution in [0.15, 0.2) is 53.5 Å². The number of rotatable bonds is 5. The van der Waals surface area contributed by atoms with Crippen LogP contribution in [0.3, 0.4) is 0 Å². The second-order valence-corrected chi connectivity index (χ2v) is 7.20. The molecule has 0 amide bonds. The second kappa shape index (κ2) is 9.35. The van der Waals surface area contributed by atoms with Crippen LogP contribution in [0.5, 0.6) is 5.75 Å². The van der Waals surface area contributed by atoms with Gasteiger partial charge in [-0.3, -0.25) is 0 Å². The largest absolute Gasteiger partial charge is 0.506 e. The summed E-state index contributed by atoms with van der Waals surface area (Å²) in [7, 11) is 4.10. The Labute approximate surface area is 168 Å². The third-order valence-corrected chi connectivity index (χ3v) is 4.97. The standard InChI is InChI=1S/C22H31N5O/c1-4-23-22(24-17-18-8-7-9-19(16-18)25(2)3)27-14-12-26(13-15-27)20-10-5-6-11-21(20)28/h5-11,16,28H,4,12-15,17H2,1-3H3,(H,23,24). The summed E-state index contributed by atoms with van der Waals surface area (Å²) in [6.45, 7) is 7.06. The number of phenolic OH excluding ortho intramolecular Hbond substituents is 1. The Hall–Kier alpha value is -2.89. The molecule has 0 radical (unpaired) electrons. The van der Waals surface area contributed by atoms with Crippen molar-refractivity contribution < 1.29 is 5.11 Å². The van der Waals surface area contributed by atoms with Gasteiger partial charge in [-0.15, -0.1) is 0 Å². The highest BCUT2D eigenvalue weighted by Gasteiger charge is 2.21. The summed E-state index contributed by atoms with van der Waals surface area (Å²) < 4.78 is 0. The van der Waals surface area contributed by atoms with Crippen LogP contribution in [0.25, 0.3) is 0 Å². The Bertz CT molecular complexity index is 797. The molecule has 1 aliphatic rings. The minimum Gasteiger partial charge on any atom is -0.506 e. The number of anilines is 2. The van der Waals surface area contributed by atoms with E-state index in [2.05, 4.69) is 65.3 Å². The van der Waals surface area contributed by atoms with E-state index < -0.39 is 0 Å². The molecule has 2 N–H and O–H groups in total. The minimum absolute atomic E-state index is 0.345. The average Bonchev–Trinajstić information content (AvgIpc) is 2.72. The molecule has 1 heterocycles. The molecule has 28 heavy (non-hydrogen) atoms. The molecule has 0 unspecified atom stereocenters.